The van der Waals surface area contributed by atoms with E-state index in [0.717, 1.165) is 6.07 Å². The Bertz CT molecular complexity index is 458. The van der Waals surface area contributed by atoms with E-state index in [1.54, 1.807) is 27.8 Å². The molecule has 0 aliphatic rings. The van der Waals surface area contributed by atoms with Crippen LogP contribution in [0.1, 0.15) is 20.8 Å². The molecule has 4 nitrogen and oxygen atoms in total. The molecule has 0 aliphatic heterocycles. The zero-order valence-electron chi connectivity index (χ0n) is 10.7. The summed E-state index contributed by atoms with van der Waals surface area (Å²) in [6, 6.07) is 2.35. The Morgan fingerprint density at radius 2 is 2.00 bits per heavy atom. The van der Waals surface area contributed by atoms with Gasteiger partial charge in [0.25, 0.3) is 0 Å². The van der Waals surface area contributed by atoms with Crippen molar-refractivity contribution in [3.05, 3.63) is 23.0 Å². The quantitative estimate of drug-likeness (QED) is 0.861. The number of amides is 1. The van der Waals surface area contributed by atoms with Gasteiger partial charge in [-0.05, 0) is 32.9 Å². The number of anilines is 2. The molecule has 6 heteroatoms. The van der Waals surface area contributed by atoms with E-state index in [1.807, 2.05) is 0 Å². The van der Waals surface area contributed by atoms with Crippen molar-refractivity contribution in [2.45, 2.75) is 26.4 Å². The molecule has 0 heterocycles. The maximum atomic E-state index is 13.1. The molecule has 0 saturated carbocycles. The number of halogens is 2. The SMILES string of the molecule is CNc1cc(F)cc(Cl)c1NC(=O)OC(C)(C)C. The lowest BCUT2D eigenvalue weighted by Gasteiger charge is -2.21. The van der Waals surface area contributed by atoms with Gasteiger partial charge >= 0.3 is 6.09 Å². The fourth-order valence-electron chi connectivity index (χ4n) is 1.30. The first kappa shape index (κ1) is 14.6. The molecule has 1 aromatic carbocycles. The van der Waals surface area contributed by atoms with Crippen molar-refractivity contribution >= 4 is 29.1 Å². The number of carbonyl (C=O) groups excluding carboxylic acids is 1. The molecule has 0 saturated heterocycles. The highest BCUT2D eigenvalue weighted by atomic mass is 35.5. The van der Waals surface area contributed by atoms with Gasteiger partial charge in [-0.1, -0.05) is 11.6 Å². The topological polar surface area (TPSA) is 50.4 Å². The maximum Gasteiger partial charge on any atom is 0.412 e. The predicted molar refractivity (Wildman–Crippen MR) is 70.8 cm³/mol. The lowest BCUT2D eigenvalue weighted by Crippen LogP contribution is -2.27. The van der Waals surface area contributed by atoms with Crippen LogP contribution < -0.4 is 10.6 Å². The summed E-state index contributed by atoms with van der Waals surface area (Å²) in [4.78, 5) is 11.6. The van der Waals surface area contributed by atoms with E-state index >= 15 is 0 Å². The summed E-state index contributed by atoms with van der Waals surface area (Å²) < 4.78 is 18.2. The molecule has 0 radical (unpaired) electrons. The Morgan fingerprint density at radius 3 is 2.50 bits per heavy atom. The fraction of sp³-hybridized carbons (Fsp3) is 0.417. The third kappa shape index (κ3) is 4.07. The first-order valence-corrected chi connectivity index (χ1v) is 5.77. The van der Waals surface area contributed by atoms with Crippen LogP contribution in [-0.2, 0) is 4.74 Å². The molecule has 0 atom stereocenters. The van der Waals surface area contributed by atoms with Gasteiger partial charge in [0.15, 0.2) is 0 Å². The second kappa shape index (κ2) is 5.44. The highest BCUT2D eigenvalue weighted by Crippen LogP contribution is 2.31. The third-order valence-corrected chi connectivity index (χ3v) is 2.25. The lowest BCUT2D eigenvalue weighted by molar-refractivity contribution is 0.0636. The van der Waals surface area contributed by atoms with E-state index in [4.69, 9.17) is 16.3 Å². The second-order valence-electron chi connectivity index (χ2n) is 4.69. The Hall–Kier alpha value is -1.49. The van der Waals surface area contributed by atoms with E-state index in [1.165, 1.54) is 6.07 Å². The van der Waals surface area contributed by atoms with E-state index in [-0.39, 0.29) is 10.7 Å². The van der Waals surface area contributed by atoms with Crippen LogP contribution in [0.3, 0.4) is 0 Å². The minimum atomic E-state index is -0.646. The predicted octanol–water partition coefficient (Wildman–Crippen LogP) is 3.87. The summed E-state index contributed by atoms with van der Waals surface area (Å²) in [6.45, 7) is 5.24. The molecule has 0 spiro atoms. The Balaban J connectivity index is 2.94. The molecule has 0 aromatic heterocycles. The number of carbonyl (C=O) groups is 1. The highest BCUT2D eigenvalue weighted by Gasteiger charge is 2.18. The molecule has 0 fully saturated rings. The van der Waals surface area contributed by atoms with Gasteiger partial charge in [-0.25, -0.2) is 9.18 Å². The van der Waals surface area contributed by atoms with E-state index in [2.05, 4.69) is 10.6 Å². The number of rotatable bonds is 2. The Morgan fingerprint density at radius 1 is 1.39 bits per heavy atom. The van der Waals surface area contributed by atoms with Crippen LogP contribution in [0.15, 0.2) is 12.1 Å². The van der Waals surface area contributed by atoms with Gasteiger partial charge in [0, 0.05) is 7.05 Å². The first-order chi connectivity index (χ1) is 8.23. The Labute approximate surface area is 110 Å². The number of benzene rings is 1. The average Bonchev–Trinajstić information content (AvgIpc) is 2.18. The number of ether oxygens (including phenoxy) is 1. The highest BCUT2D eigenvalue weighted by molar-refractivity contribution is 6.34. The van der Waals surface area contributed by atoms with Crippen molar-refractivity contribution in [3.63, 3.8) is 0 Å². The van der Waals surface area contributed by atoms with Crippen molar-refractivity contribution in [1.82, 2.24) is 0 Å². The van der Waals surface area contributed by atoms with Crippen LogP contribution in [0.25, 0.3) is 0 Å². The summed E-state index contributed by atoms with van der Waals surface area (Å²) in [5.74, 6) is -0.487. The normalized spacial score (nSPS) is 11.0. The maximum absolute atomic E-state index is 13.1. The summed E-state index contributed by atoms with van der Waals surface area (Å²) in [5, 5.41) is 5.34. The van der Waals surface area contributed by atoms with Gasteiger partial charge in [-0.15, -0.1) is 0 Å². The van der Waals surface area contributed by atoms with Gasteiger partial charge in [-0.2, -0.15) is 0 Å². The molecule has 0 aliphatic carbocycles. The summed E-state index contributed by atoms with van der Waals surface area (Å²) in [6.07, 6.45) is -0.646. The molecular weight excluding hydrogens is 259 g/mol. The van der Waals surface area contributed by atoms with E-state index in [0.29, 0.717) is 5.69 Å². The van der Waals surface area contributed by atoms with Gasteiger partial charge in [-0.3, -0.25) is 5.32 Å². The second-order valence-corrected chi connectivity index (χ2v) is 5.09. The van der Waals surface area contributed by atoms with Gasteiger partial charge in [0.1, 0.15) is 11.4 Å². The van der Waals surface area contributed by atoms with Crippen molar-refractivity contribution in [2.75, 3.05) is 17.7 Å². The van der Waals surface area contributed by atoms with Crippen molar-refractivity contribution in [2.24, 2.45) is 0 Å². The molecule has 1 aromatic rings. The summed E-state index contributed by atoms with van der Waals surface area (Å²) in [5.41, 5.74) is 0.0526. The Kier molecular flexibility index (Phi) is 4.40. The molecular formula is C12H16ClFN2O2. The summed E-state index contributed by atoms with van der Waals surface area (Å²) in [7, 11) is 1.60. The van der Waals surface area contributed by atoms with Gasteiger partial charge in [0.2, 0.25) is 0 Å². The standard InChI is InChI=1S/C12H16ClFN2O2/c1-12(2,3)18-11(17)16-10-8(13)5-7(14)6-9(10)15-4/h5-6,15H,1-4H3,(H,16,17). The zero-order chi connectivity index (χ0) is 13.9. The zero-order valence-corrected chi connectivity index (χ0v) is 11.5. The van der Waals surface area contributed by atoms with Gasteiger partial charge < -0.3 is 10.1 Å². The van der Waals surface area contributed by atoms with Crippen LogP contribution in [0.4, 0.5) is 20.6 Å². The van der Waals surface area contributed by atoms with Crippen LogP contribution >= 0.6 is 11.6 Å². The van der Waals surface area contributed by atoms with Crippen LogP contribution in [0.5, 0.6) is 0 Å². The van der Waals surface area contributed by atoms with E-state index < -0.39 is 17.5 Å². The number of hydrogen-bond donors (Lipinski definition) is 2. The molecule has 0 unspecified atom stereocenters. The molecule has 18 heavy (non-hydrogen) atoms. The molecule has 100 valence electrons. The molecule has 0 bridgehead atoms. The minimum Gasteiger partial charge on any atom is -0.444 e. The first-order valence-electron chi connectivity index (χ1n) is 5.40. The van der Waals surface area contributed by atoms with Crippen molar-refractivity contribution in [3.8, 4) is 0 Å². The van der Waals surface area contributed by atoms with Crippen LogP contribution in [0, 0.1) is 5.82 Å². The fourth-order valence-corrected chi connectivity index (χ4v) is 1.56. The number of hydrogen-bond acceptors (Lipinski definition) is 3. The van der Waals surface area contributed by atoms with Crippen molar-refractivity contribution < 1.29 is 13.9 Å². The summed E-state index contributed by atoms with van der Waals surface area (Å²) >= 11 is 5.88. The number of nitrogens with one attached hydrogen (secondary N) is 2. The van der Waals surface area contributed by atoms with Gasteiger partial charge in [0.05, 0.1) is 16.4 Å². The van der Waals surface area contributed by atoms with E-state index in [9.17, 15) is 9.18 Å². The third-order valence-electron chi connectivity index (χ3n) is 1.95. The molecule has 2 N–H and O–H groups in total. The van der Waals surface area contributed by atoms with Crippen LogP contribution in [-0.4, -0.2) is 18.7 Å². The largest absolute Gasteiger partial charge is 0.444 e. The molecule has 1 rings (SSSR count). The smallest absolute Gasteiger partial charge is 0.412 e. The lowest BCUT2D eigenvalue weighted by atomic mass is 10.2. The van der Waals surface area contributed by atoms with Crippen LogP contribution in [0.2, 0.25) is 5.02 Å². The monoisotopic (exact) mass is 274 g/mol. The minimum absolute atomic E-state index is 0.102. The molecule has 1 amide bonds. The average molecular weight is 275 g/mol. The van der Waals surface area contributed by atoms with Crippen molar-refractivity contribution in [1.29, 1.82) is 0 Å².